The van der Waals surface area contributed by atoms with Crippen molar-refractivity contribution in [2.24, 2.45) is 10.2 Å². The predicted molar refractivity (Wildman–Crippen MR) is 126 cm³/mol. The topological polar surface area (TPSA) is 61.9 Å². The molecule has 0 aliphatic heterocycles. The van der Waals surface area contributed by atoms with Gasteiger partial charge in [-0.05, 0) is 48.5 Å². The van der Waals surface area contributed by atoms with E-state index in [1.807, 2.05) is 79.7 Å². The second kappa shape index (κ2) is 8.65. The Morgan fingerprint density at radius 3 is 2.53 bits per heavy atom. The van der Waals surface area contributed by atoms with E-state index in [0.29, 0.717) is 17.3 Å². The molecule has 1 heterocycles. The second-order valence-electron chi connectivity index (χ2n) is 6.81. The first kappa shape index (κ1) is 20.1. The molecule has 0 saturated heterocycles. The van der Waals surface area contributed by atoms with Crippen LogP contribution in [-0.2, 0) is 6.54 Å². The molecule has 0 bridgehead atoms. The number of fused-ring (bicyclic) bond motifs is 1. The molecule has 0 saturated carbocycles. The third-order valence-corrected chi connectivity index (χ3v) is 5.38. The Morgan fingerprint density at radius 1 is 1.03 bits per heavy atom. The zero-order chi connectivity index (χ0) is 21.1. The summed E-state index contributed by atoms with van der Waals surface area (Å²) in [5.41, 5.74) is 4.02. The molecule has 0 aliphatic rings. The van der Waals surface area contributed by atoms with Gasteiger partial charge in [-0.15, -0.1) is 10.2 Å². The number of aromatic hydroxyl groups is 1. The Balaban J connectivity index is 1.67. The highest BCUT2D eigenvalue weighted by Gasteiger charge is 2.17. The first-order chi connectivity index (χ1) is 14.5. The highest BCUT2D eigenvalue weighted by molar-refractivity contribution is 7.80. The largest absolute Gasteiger partial charge is 0.493 e. The molecule has 1 aromatic heterocycles. The first-order valence-electron chi connectivity index (χ1n) is 9.36. The van der Waals surface area contributed by atoms with Crippen molar-refractivity contribution in [3.63, 3.8) is 0 Å². The molecule has 0 aliphatic carbocycles. The van der Waals surface area contributed by atoms with E-state index >= 15 is 0 Å². The maximum Gasteiger partial charge on any atom is 0.221 e. The second-order valence-corrected chi connectivity index (χ2v) is 7.61. The summed E-state index contributed by atoms with van der Waals surface area (Å²) >= 11 is 11.6. The van der Waals surface area contributed by atoms with Gasteiger partial charge >= 0.3 is 0 Å². The number of para-hydroxylation sites is 2. The maximum atomic E-state index is 10.9. The molecule has 3 aromatic carbocycles. The van der Waals surface area contributed by atoms with Gasteiger partial charge in [-0.3, -0.25) is 0 Å². The highest BCUT2D eigenvalue weighted by atomic mass is 35.5. The minimum Gasteiger partial charge on any atom is -0.493 e. The number of benzene rings is 3. The zero-order valence-electron chi connectivity index (χ0n) is 16.2. The van der Waals surface area contributed by atoms with Crippen LogP contribution in [0.3, 0.4) is 0 Å². The van der Waals surface area contributed by atoms with Crippen LogP contribution in [0.15, 0.2) is 83.0 Å². The Labute approximate surface area is 184 Å². The molecule has 30 heavy (non-hydrogen) atoms. The smallest absolute Gasteiger partial charge is 0.221 e. The van der Waals surface area contributed by atoms with Crippen LogP contribution in [0.1, 0.15) is 11.1 Å². The molecule has 4 rings (SSSR count). The number of azo groups is 1. The molecule has 0 spiro atoms. The summed E-state index contributed by atoms with van der Waals surface area (Å²) in [6, 6.07) is 23.0. The number of rotatable bonds is 4. The van der Waals surface area contributed by atoms with Gasteiger partial charge in [0, 0.05) is 16.1 Å². The van der Waals surface area contributed by atoms with Gasteiger partial charge in [-0.1, -0.05) is 66.2 Å². The molecular weight excluding hydrogens is 416 g/mol. The van der Waals surface area contributed by atoms with E-state index in [0.717, 1.165) is 27.7 Å². The number of hydrogen-bond donors (Lipinski definition) is 2. The molecule has 2 N–H and O–H groups in total. The van der Waals surface area contributed by atoms with Gasteiger partial charge in [-0.2, -0.15) is 0 Å². The maximum absolute atomic E-state index is 10.9. The van der Waals surface area contributed by atoms with E-state index in [2.05, 4.69) is 15.5 Å². The summed E-state index contributed by atoms with van der Waals surface area (Å²) < 4.78 is 1.77. The number of nitrogens with zero attached hydrogens (tertiary/aromatic N) is 3. The minimum atomic E-state index is 0.0126. The Kier molecular flexibility index (Phi) is 5.79. The lowest BCUT2D eigenvalue weighted by Gasteiger charge is -2.08. The van der Waals surface area contributed by atoms with Crippen molar-refractivity contribution in [1.29, 1.82) is 0 Å². The van der Waals surface area contributed by atoms with Crippen LogP contribution < -0.4 is 5.32 Å². The fraction of sp³-hybridized carbons (Fsp3) is 0.0870. The van der Waals surface area contributed by atoms with Crippen LogP contribution in [0.25, 0.3) is 10.9 Å². The van der Waals surface area contributed by atoms with Crippen molar-refractivity contribution in [3.8, 4) is 5.88 Å². The van der Waals surface area contributed by atoms with E-state index in [-0.39, 0.29) is 11.0 Å². The molecule has 0 atom stereocenters. The quantitative estimate of drug-likeness (QED) is 0.273. The lowest BCUT2D eigenvalue weighted by atomic mass is 10.2. The van der Waals surface area contributed by atoms with E-state index in [1.165, 1.54) is 0 Å². The van der Waals surface area contributed by atoms with E-state index in [9.17, 15) is 5.11 Å². The zero-order valence-corrected chi connectivity index (χ0v) is 17.8. The Morgan fingerprint density at radius 2 is 1.73 bits per heavy atom. The monoisotopic (exact) mass is 434 g/mol. The van der Waals surface area contributed by atoms with E-state index < -0.39 is 0 Å². The number of aryl methyl sites for hydroxylation is 1. The molecule has 5 nitrogen and oxygen atoms in total. The molecule has 7 heteroatoms. The van der Waals surface area contributed by atoms with Crippen molar-refractivity contribution in [2.45, 2.75) is 13.5 Å². The summed E-state index contributed by atoms with van der Waals surface area (Å²) in [7, 11) is 0. The summed E-state index contributed by atoms with van der Waals surface area (Å²) in [6.07, 6.45) is 0. The number of hydrogen-bond acceptors (Lipinski definition) is 3. The van der Waals surface area contributed by atoms with Crippen molar-refractivity contribution in [1.82, 2.24) is 4.57 Å². The fourth-order valence-corrected chi connectivity index (χ4v) is 3.62. The number of thiocarbonyl (C=S) groups is 1. The normalized spacial score (nSPS) is 11.3. The highest BCUT2D eigenvalue weighted by Crippen LogP contribution is 2.39. The van der Waals surface area contributed by atoms with E-state index in [4.69, 9.17) is 23.8 Å². The average molecular weight is 435 g/mol. The van der Waals surface area contributed by atoms with Crippen molar-refractivity contribution >= 4 is 51.2 Å². The van der Waals surface area contributed by atoms with Gasteiger partial charge in [0.05, 0.1) is 12.1 Å². The SMILES string of the molecule is Cc1ccccc1NC(=S)N=Nc1c(O)n(Cc2ccccc2Cl)c2ccccc12. The van der Waals surface area contributed by atoms with Crippen LogP contribution in [0.4, 0.5) is 11.4 Å². The third kappa shape index (κ3) is 4.06. The molecule has 0 amide bonds. The number of anilines is 1. The summed E-state index contributed by atoms with van der Waals surface area (Å²) in [5, 5.41) is 24.0. The summed E-state index contributed by atoms with van der Waals surface area (Å²) in [4.78, 5) is 0. The van der Waals surface area contributed by atoms with Gasteiger partial charge in [0.15, 0.2) is 5.69 Å². The Bertz CT molecular complexity index is 1270. The van der Waals surface area contributed by atoms with Crippen LogP contribution in [0, 0.1) is 6.92 Å². The van der Waals surface area contributed by atoms with Crippen LogP contribution in [-0.4, -0.2) is 14.8 Å². The van der Waals surface area contributed by atoms with E-state index in [1.54, 1.807) is 4.57 Å². The molecule has 0 unspecified atom stereocenters. The summed E-state index contributed by atoms with van der Waals surface area (Å²) in [5.74, 6) is 0.0126. The first-order valence-corrected chi connectivity index (χ1v) is 10.1. The van der Waals surface area contributed by atoms with Crippen molar-refractivity contribution in [2.75, 3.05) is 5.32 Å². The predicted octanol–water partition coefficient (Wildman–Crippen LogP) is 6.84. The third-order valence-electron chi connectivity index (χ3n) is 4.83. The van der Waals surface area contributed by atoms with Gasteiger partial charge in [0.25, 0.3) is 0 Å². The molecule has 4 aromatic rings. The molecule has 150 valence electrons. The van der Waals surface area contributed by atoms with Crippen LogP contribution in [0.2, 0.25) is 5.02 Å². The molecular formula is C23H19ClN4OS. The number of nitrogens with one attached hydrogen (secondary N) is 1. The lowest BCUT2D eigenvalue weighted by Crippen LogP contribution is -2.06. The van der Waals surface area contributed by atoms with Gasteiger partial charge < -0.3 is 15.0 Å². The molecule has 0 radical (unpaired) electrons. The van der Waals surface area contributed by atoms with Crippen LogP contribution in [0.5, 0.6) is 5.88 Å². The van der Waals surface area contributed by atoms with Crippen LogP contribution >= 0.6 is 23.8 Å². The standard InChI is InChI=1S/C23H19ClN4OS/c1-15-8-2-6-12-19(15)25-23(30)27-26-21-17-10-4-7-13-20(17)28(22(21)29)14-16-9-3-5-11-18(16)24/h2-13,29H,14H2,1H3,(H,25,30). The van der Waals surface area contributed by atoms with Gasteiger partial charge in [0.1, 0.15) is 0 Å². The average Bonchev–Trinajstić information content (AvgIpc) is 3.01. The summed E-state index contributed by atoms with van der Waals surface area (Å²) in [6.45, 7) is 2.39. The minimum absolute atomic E-state index is 0.0126. The van der Waals surface area contributed by atoms with Crippen molar-refractivity contribution < 1.29 is 5.11 Å². The van der Waals surface area contributed by atoms with Gasteiger partial charge in [-0.25, -0.2) is 0 Å². The Hall–Kier alpha value is -3.22. The lowest BCUT2D eigenvalue weighted by molar-refractivity contribution is 0.429. The fourth-order valence-electron chi connectivity index (χ4n) is 3.28. The number of aromatic nitrogens is 1. The number of halogens is 1. The van der Waals surface area contributed by atoms with Crippen molar-refractivity contribution in [3.05, 3.63) is 88.9 Å². The molecule has 0 fully saturated rings. The van der Waals surface area contributed by atoms with Gasteiger partial charge in [0.2, 0.25) is 11.0 Å².